The molecule has 1 amide bonds. The van der Waals surface area contributed by atoms with Crippen LogP contribution in [0, 0.1) is 5.92 Å². The number of nitrogens with one attached hydrogen (secondary N) is 2. The van der Waals surface area contributed by atoms with Crippen molar-refractivity contribution in [2.24, 2.45) is 5.92 Å². The van der Waals surface area contributed by atoms with E-state index in [1.807, 2.05) is 47.9 Å². The van der Waals surface area contributed by atoms with Crippen LogP contribution in [0.4, 0.5) is 0 Å². The molecule has 2 aromatic rings. The number of aromatic nitrogens is 1. The molecule has 12 nitrogen and oxygen atoms in total. The smallest absolute Gasteiger partial charge is 0.265 e. The van der Waals surface area contributed by atoms with Crippen molar-refractivity contribution in [1.29, 1.82) is 0 Å². The van der Waals surface area contributed by atoms with Crippen LogP contribution in [0.5, 0.6) is 0 Å². The minimum absolute atomic E-state index is 0.0388. The molecular formula is C26H40N4O8S. The maximum atomic E-state index is 12.9. The largest absolute Gasteiger partial charge is 0.379 e. The first-order valence-electron chi connectivity index (χ1n) is 12.8. The second-order valence-electron chi connectivity index (χ2n) is 9.33. The van der Waals surface area contributed by atoms with Crippen molar-refractivity contribution >= 4 is 38.5 Å². The average Bonchev–Trinajstić information content (AvgIpc) is 3.21. The van der Waals surface area contributed by atoms with Crippen molar-refractivity contribution in [3.8, 4) is 0 Å². The molecule has 1 atom stereocenters. The number of hydrazine groups is 1. The number of aryl methyl sites for hydroxylation is 1. The number of rotatable bonds is 20. The number of para-hydroxylation sites is 1. The first kappa shape index (κ1) is 32.5. The fraction of sp³-hybridized carbons (Fsp3) is 0.577. The summed E-state index contributed by atoms with van der Waals surface area (Å²) in [6, 6.07) is 9.89. The van der Waals surface area contributed by atoms with Gasteiger partial charge in [-0.1, -0.05) is 18.2 Å². The normalized spacial score (nSPS) is 12.6. The van der Waals surface area contributed by atoms with E-state index in [0.29, 0.717) is 32.7 Å². The summed E-state index contributed by atoms with van der Waals surface area (Å²) >= 11 is 0. The van der Waals surface area contributed by atoms with Crippen LogP contribution in [0.2, 0.25) is 0 Å². The van der Waals surface area contributed by atoms with Crippen LogP contribution in [0.15, 0.2) is 30.3 Å². The summed E-state index contributed by atoms with van der Waals surface area (Å²) in [6.07, 6.45) is 0.110. The summed E-state index contributed by atoms with van der Waals surface area (Å²) < 4.78 is 45.0. The molecule has 218 valence electrons. The minimum Gasteiger partial charge on any atom is -0.379 e. The molecule has 0 aliphatic rings. The number of ketones is 2. The van der Waals surface area contributed by atoms with Gasteiger partial charge < -0.3 is 19.4 Å². The summed E-state index contributed by atoms with van der Waals surface area (Å²) in [5.74, 6) is -2.97. The lowest BCUT2D eigenvalue weighted by Gasteiger charge is -2.18. The molecule has 0 aliphatic carbocycles. The maximum absolute atomic E-state index is 12.9. The van der Waals surface area contributed by atoms with Gasteiger partial charge in [0.15, 0.2) is 0 Å². The van der Waals surface area contributed by atoms with Crippen LogP contribution in [-0.4, -0.2) is 92.8 Å². The Labute approximate surface area is 229 Å². The van der Waals surface area contributed by atoms with Crippen molar-refractivity contribution < 1.29 is 36.8 Å². The van der Waals surface area contributed by atoms with E-state index >= 15 is 0 Å². The number of ether oxygens (including phenoxy) is 2. The van der Waals surface area contributed by atoms with Gasteiger partial charge in [-0.3, -0.25) is 24.4 Å². The molecule has 0 saturated heterocycles. The number of carbonyl (C=O) groups excluding carboxylic acids is 3. The molecule has 2 rings (SSSR count). The van der Waals surface area contributed by atoms with E-state index in [4.69, 9.17) is 9.47 Å². The molecule has 3 N–H and O–H groups in total. The molecule has 1 heterocycles. The maximum Gasteiger partial charge on any atom is 0.265 e. The Bertz CT molecular complexity index is 1200. The highest BCUT2D eigenvalue weighted by atomic mass is 32.2. The lowest BCUT2D eigenvalue weighted by Crippen LogP contribution is -2.37. The number of hydrogen-bond donors (Lipinski definition) is 3. The first-order chi connectivity index (χ1) is 18.5. The summed E-state index contributed by atoms with van der Waals surface area (Å²) in [7, 11) is -0.761. The van der Waals surface area contributed by atoms with Gasteiger partial charge in [-0.25, -0.2) is 5.01 Å². The van der Waals surface area contributed by atoms with E-state index in [-0.39, 0.29) is 44.2 Å². The zero-order valence-corrected chi connectivity index (χ0v) is 23.7. The van der Waals surface area contributed by atoms with Gasteiger partial charge >= 0.3 is 0 Å². The van der Waals surface area contributed by atoms with Crippen molar-refractivity contribution in [3.05, 3.63) is 36.0 Å². The summed E-state index contributed by atoms with van der Waals surface area (Å²) in [4.78, 5) is 36.4. The predicted molar refractivity (Wildman–Crippen MR) is 147 cm³/mol. The Morgan fingerprint density at radius 3 is 2.44 bits per heavy atom. The Balaban J connectivity index is 1.90. The predicted octanol–water partition coefficient (Wildman–Crippen LogP) is 1.19. The molecule has 0 fully saturated rings. The number of amides is 1. The highest BCUT2D eigenvalue weighted by Crippen LogP contribution is 2.22. The topological polar surface area (TPSA) is 156 Å². The molecule has 0 radical (unpaired) electrons. The van der Waals surface area contributed by atoms with Gasteiger partial charge in [0.05, 0.1) is 44.6 Å². The molecule has 0 aliphatic heterocycles. The molecule has 0 saturated carbocycles. The zero-order chi connectivity index (χ0) is 28.8. The minimum atomic E-state index is -4.48. The number of benzene rings is 1. The highest BCUT2D eigenvalue weighted by Gasteiger charge is 2.27. The van der Waals surface area contributed by atoms with Crippen LogP contribution < -0.4 is 10.7 Å². The summed E-state index contributed by atoms with van der Waals surface area (Å²) in [5, 5.41) is 5.51. The van der Waals surface area contributed by atoms with Crippen LogP contribution in [-0.2, 0) is 47.1 Å². The zero-order valence-electron chi connectivity index (χ0n) is 22.8. The molecule has 0 spiro atoms. The van der Waals surface area contributed by atoms with Gasteiger partial charge in [-0.2, -0.15) is 8.42 Å². The van der Waals surface area contributed by atoms with E-state index < -0.39 is 27.7 Å². The number of nitrogens with zero attached hydrogens (tertiary/aromatic N) is 2. The fourth-order valence-corrected chi connectivity index (χ4v) is 4.79. The molecule has 13 heteroatoms. The van der Waals surface area contributed by atoms with Gasteiger partial charge in [0.2, 0.25) is 5.91 Å². The third kappa shape index (κ3) is 12.4. The second kappa shape index (κ2) is 16.4. The fourth-order valence-electron chi connectivity index (χ4n) is 4.01. The summed E-state index contributed by atoms with van der Waals surface area (Å²) in [5.41, 5.74) is 5.02. The van der Waals surface area contributed by atoms with Crippen molar-refractivity contribution in [1.82, 2.24) is 20.3 Å². The van der Waals surface area contributed by atoms with Crippen LogP contribution in [0.3, 0.4) is 0 Å². The molecule has 1 aromatic carbocycles. The molecule has 0 bridgehead atoms. The monoisotopic (exact) mass is 568 g/mol. The number of carbonyl (C=O) groups is 3. The Morgan fingerprint density at radius 2 is 1.77 bits per heavy atom. The molecule has 39 heavy (non-hydrogen) atoms. The molecule has 1 aromatic heterocycles. The number of fused-ring (bicyclic) bond motifs is 1. The highest BCUT2D eigenvalue weighted by molar-refractivity contribution is 7.85. The van der Waals surface area contributed by atoms with Crippen LogP contribution in [0.1, 0.15) is 31.9 Å². The van der Waals surface area contributed by atoms with E-state index in [1.165, 1.54) is 6.92 Å². The lowest BCUT2D eigenvalue weighted by molar-refractivity contribution is -0.129. The van der Waals surface area contributed by atoms with E-state index in [0.717, 1.165) is 16.6 Å². The van der Waals surface area contributed by atoms with Crippen LogP contribution in [0.25, 0.3) is 10.9 Å². The lowest BCUT2D eigenvalue weighted by atomic mass is 10.0. The van der Waals surface area contributed by atoms with Gasteiger partial charge in [0.1, 0.15) is 11.6 Å². The third-order valence-electron chi connectivity index (χ3n) is 6.06. The van der Waals surface area contributed by atoms with Gasteiger partial charge in [0.25, 0.3) is 10.1 Å². The van der Waals surface area contributed by atoms with Crippen molar-refractivity contribution in [2.75, 3.05) is 52.8 Å². The quantitative estimate of drug-likeness (QED) is 0.120. The van der Waals surface area contributed by atoms with E-state index in [1.54, 1.807) is 0 Å². The second-order valence-corrected chi connectivity index (χ2v) is 10.8. The van der Waals surface area contributed by atoms with E-state index in [2.05, 4.69) is 16.8 Å². The van der Waals surface area contributed by atoms with Crippen LogP contribution >= 0.6 is 0 Å². The van der Waals surface area contributed by atoms with Gasteiger partial charge in [-0.05, 0) is 31.5 Å². The Morgan fingerprint density at radius 1 is 1.08 bits per heavy atom. The summed E-state index contributed by atoms with van der Waals surface area (Å²) in [6.45, 7) is 3.57. The Kier molecular flexibility index (Phi) is 13.7. The SMILES string of the molecule is CNN(C)Cc1cc2ccccc2n1CCC(=O)CC(CS(=O)(=O)O)C(=O)NCCOCCOCCC(C)=O. The van der Waals surface area contributed by atoms with Crippen molar-refractivity contribution in [2.45, 2.75) is 39.3 Å². The average molecular weight is 569 g/mol. The molecular weight excluding hydrogens is 528 g/mol. The van der Waals surface area contributed by atoms with Gasteiger partial charge in [-0.15, -0.1) is 0 Å². The standard InChI is InChI=1S/C26H40N4O8S/c1-20(31)9-12-37-14-15-38-13-10-28-26(33)22(19-39(34,35)36)17-24(32)8-11-30-23(18-29(3)27-2)16-21-6-4-5-7-25(21)30/h4-7,16,22,27H,8-15,17-19H2,1-3H3,(H,28,33)(H,34,35,36). The van der Waals surface area contributed by atoms with Gasteiger partial charge in [0, 0.05) is 50.6 Å². The third-order valence-corrected chi connectivity index (χ3v) is 6.89. The van der Waals surface area contributed by atoms with Crippen molar-refractivity contribution in [3.63, 3.8) is 0 Å². The first-order valence-corrected chi connectivity index (χ1v) is 14.5. The molecule has 1 unspecified atom stereocenters. The van der Waals surface area contributed by atoms with E-state index in [9.17, 15) is 27.4 Å². The Hall–Kier alpha value is -2.68. The number of hydrogen-bond acceptors (Lipinski definition) is 9. The number of Topliss-reactive ketones (excluding diaryl/α,β-unsaturated/α-hetero) is 2.